The molecule has 142 valence electrons. The van der Waals surface area contributed by atoms with Gasteiger partial charge in [0, 0.05) is 17.7 Å². The molecule has 0 unspecified atom stereocenters. The molecule has 3 aromatic rings. The van der Waals surface area contributed by atoms with Crippen LogP contribution in [-0.4, -0.2) is 29.0 Å². The van der Waals surface area contributed by atoms with Crippen molar-refractivity contribution < 1.29 is 23.6 Å². The fourth-order valence-corrected chi connectivity index (χ4v) is 2.81. The number of fused-ring (bicyclic) bond motifs is 1. The molecule has 0 fully saturated rings. The van der Waals surface area contributed by atoms with E-state index in [-0.39, 0.29) is 29.3 Å². The molecule has 0 aliphatic carbocycles. The summed E-state index contributed by atoms with van der Waals surface area (Å²) < 4.78 is 21.6. The molecule has 28 heavy (non-hydrogen) atoms. The second-order valence-corrected chi connectivity index (χ2v) is 6.07. The fourth-order valence-electron chi connectivity index (χ4n) is 2.60. The quantitative estimate of drug-likeness (QED) is 0.463. The van der Waals surface area contributed by atoms with E-state index >= 15 is 0 Å². The number of ether oxygens (including phenoxy) is 3. The molecule has 0 amide bonds. The molecule has 0 saturated carbocycles. The van der Waals surface area contributed by atoms with Gasteiger partial charge in [0.25, 0.3) is 11.6 Å². The van der Waals surface area contributed by atoms with Gasteiger partial charge in [-0.15, -0.1) is 10.2 Å². The highest BCUT2D eigenvalue weighted by Crippen LogP contribution is 2.42. The summed E-state index contributed by atoms with van der Waals surface area (Å²) in [5, 5.41) is 18.8. The summed E-state index contributed by atoms with van der Waals surface area (Å²) in [4.78, 5) is 10.3. The second-order valence-electron chi connectivity index (χ2n) is 5.67. The minimum absolute atomic E-state index is 0.0295. The molecule has 4 rings (SSSR count). The van der Waals surface area contributed by atoms with Gasteiger partial charge in [0.1, 0.15) is 5.03 Å². The van der Waals surface area contributed by atoms with Crippen molar-refractivity contribution in [1.82, 2.24) is 10.2 Å². The number of halogens is 1. The van der Waals surface area contributed by atoms with E-state index in [1.165, 1.54) is 31.4 Å². The molecule has 0 bridgehead atoms. The third-order valence-electron chi connectivity index (χ3n) is 3.93. The zero-order valence-electron chi connectivity index (χ0n) is 14.4. The number of nitrogens with zero attached hydrogens (tertiary/aromatic N) is 3. The third kappa shape index (κ3) is 3.35. The van der Waals surface area contributed by atoms with Crippen molar-refractivity contribution in [2.75, 3.05) is 13.9 Å². The van der Waals surface area contributed by atoms with Gasteiger partial charge in [-0.2, -0.15) is 0 Å². The molecule has 2 aromatic carbocycles. The number of non-ortho nitro benzene ring substituents is 1. The lowest BCUT2D eigenvalue weighted by Crippen LogP contribution is -1.93. The maximum Gasteiger partial charge on any atom is 0.269 e. The minimum atomic E-state index is -0.484. The van der Waals surface area contributed by atoms with Crippen molar-refractivity contribution in [3.05, 3.63) is 58.0 Å². The number of rotatable bonds is 5. The first-order valence-corrected chi connectivity index (χ1v) is 8.36. The lowest BCUT2D eigenvalue weighted by atomic mass is 10.1. The Balaban J connectivity index is 1.61. The molecule has 0 saturated heterocycles. The van der Waals surface area contributed by atoms with E-state index in [1.807, 2.05) is 0 Å². The van der Waals surface area contributed by atoms with Crippen LogP contribution >= 0.6 is 11.6 Å². The van der Waals surface area contributed by atoms with Crippen LogP contribution in [0.25, 0.3) is 22.6 Å². The summed E-state index contributed by atoms with van der Waals surface area (Å²) in [6, 6.07) is 9.25. The maximum atomic E-state index is 10.7. The Morgan fingerprint density at radius 2 is 2.04 bits per heavy atom. The highest BCUT2D eigenvalue weighted by molar-refractivity contribution is 6.50. The average Bonchev–Trinajstić information content (AvgIpc) is 3.37. The highest BCUT2D eigenvalue weighted by atomic mass is 35.5. The zero-order chi connectivity index (χ0) is 19.7. The molecule has 9 nitrogen and oxygen atoms in total. The van der Waals surface area contributed by atoms with Crippen molar-refractivity contribution in [2.24, 2.45) is 0 Å². The Morgan fingerprint density at radius 3 is 2.75 bits per heavy atom. The van der Waals surface area contributed by atoms with E-state index < -0.39 is 4.92 Å². The summed E-state index contributed by atoms with van der Waals surface area (Å²) in [6.45, 7) is 0.120. The van der Waals surface area contributed by atoms with Gasteiger partial charge in [-0.3, -0.25) is 10.1 Å². The topological polar surface area (TPSA) is 110 Å². The van der Waals surface area contributed by atoms with Gasteiger partial charge >= 0.3 is 0 Å². The first-order valence-electron chi connectivity index (χ1n) is 7.98. The normalized spacial score (nSPS) is 12.9. The van der Waals surface area contributed by atoms with Gasteiger partial charge in [-0.1, -0.05) is 11.6 Å². The summed E-state index contributed by atoms with van der Waals surface area (Å²) >= 11 is 6.32. The Hall–Kier alpha value is -3.59. The van der Waals surface area contributed by atoms with Gasteiger partial charge in [0.15, 0.2) is 11.5 Å². The minimum Gasteiger partial charge on any atom is -0.493 e. The zero-order valence-corrected chi connectivity index (χ0v) is 15.2. The van der Waals surface area contributed by atoms with E-state index in [0.29, 0.717) is 28.4 Å². The summed E-state index contributed by atoms with van der Waals surface area (Å²) in [7, 11) is 1.53. The largest absolute Gasteiger partial charge is 0.493 e. The second kappa shape index (κ2) is 7.20. The highest BCUT2D eigenvalue weighted by Gasteiger charge is 2.20. The van der Waals surface area contributed by atoms with Crippen molar-refractivity contribution in [2.45, 2.75) is 0 Å². The molecule has 0 N–H and O–H groups in total. The number of nitro benzene ring substituents is 1. The molecular formula is C18H12ClN3O6. The van der Waals surface area contributed by atoms with Crippen LogP contribution < -0.4 is 14.2 Å². The molecular weight excluding hydrogens is 390 g/mol. The van der Waals surface area contributed by atoms with Gasteiger partial charge in [0.05, 0.1) is 12.0 Å². The van der Waals surface area contributed by atoms with Crippen molar-refractivity contribution in [3.63, 3.8) is 0 Å². The van der Waals surface area contributed by atoms with Gasteiger partial charge in [0.2, 0.25) is 18.4 Å². The summed E-state index contributed by atoms with van der Waals surface area (Å²) in [6.07, 6.45) is 1.62. The number of hydrogen-bond acceptors (Lipinski definition) is 8. The van der Waals surface area contributed by atoms with E-state index in [1.54, 1.807) is 18.2 Å². The van der Waals surface area contributed by atoms with Crippen LogP contribution in [0.1, 0.15) is 11.5 Å². The molecule has 10 heteroatoms. The smallest absolute Gasteiger partial charge is 0.269 e. The van der Waals surface area contributed by atoms with Crippen LogP contribution in [0.5, 0.6) is 17.2 Å². The first-order chi connectivity index (χ1) is 13.5. The van der Waals surface area contributed by atoms with Crippen LogP contribution in [-0.2, 0) is 0 Å². The van der Waals surface area contributed by atoms with Crippen molar-refractivity contribution >= 4 is 28.4 Å². The molecule has 0 atom stereocenters. The Bertz CT molecular complexity index is 1080. The number of hydrogen-bond donors (Lipinski definition) is 0. The van der Waals surface area contributed by atoms with Gasteiger partial charge in [-0.05, 0) is 35.9 Å². The molecule has 0 spiro atoms. The number of nitro groups is 1. The Kier molecular flexibility index (Phi) is 4.58. The average molecular weight is 402 g/mol. The van der Waals surface area contributed by atoms with Crippen molar-refractivity contribution in [1.29, 1.82) is 0 Å². The maximum absolute atomic E-state index is 10.7. The standard InChI is InChI=1S/C18H12ClN3O6/c1-25-14-7-10(8-15-16(14)27-9-26-15)6-13(19)18-21-20-17(28-18)11-2-4-12(5-3-11)22(23)24/h2-8H,9H2,1H3/b13-6-. The predicted octanol–water partition coefficient (Wildman–Crippen LogP) is 4.12. The predicted molar refractivity (Wildman–Crippen MR) is 99.2 cm³/mol. The van der Waals surface area contributed by atoms with Gasteiger partial charge < -0.3 is 18.6 Å². The van der Waals surface area contributed by atoms with Gasteiger partial charge in [-0.25, -0.2) is 0 Å². The van der Waals surface area contributed by atoms with Crippen molar-refractivity contribution in [3.8, 4) is 28.7 Å². The first kappa shape index (κ1) is 17.8. The lowest BCUT2D eigenvalue weighted by molar-refractivity contribution is -0.384. The monoisotopic (exact) mass is 401 g/mol. The van der Waals surface area contributed by atoms with Crippen LogP contribution in [0.4, 0.5) is 5.69 Å². The Morgan fingerprint density at radius 1 is 1.25 bits per heavy atom. The molecule has 1 aliphatic heterocycles. The molecule has 1 aromatic heterocycles. The molecule has 0 radical (unpaired) electrons. The third-order valence-corrected chi connectivity index (χ3v) is 4.20. The SMILES string of the molecule is COc1cc(/C=C(\Cl)c2nnc(-c3ccc([N+](=O)[O-])cc3)o2)cc2c1OCO2. The summed E-state index contributed by atoms with van der Waals surface area (Å²) in [5.41, 5.74) is 1.21. The van der Waals surface area contributed by atoms with E-state index in [0.717, 1.165) is 0 Å². The van der Waals surface area contributed by atoms with Crippen LogP contribution in [0, 0.1) is 10.1 Å². The van der Waals surface area contributed by atoms with Crippen LogP contribution in [0.3, 0.4) is 0 Å². The fraction of sp³-hybridized carbons (Fsp3) is 0.111. The summed E-state index contributed by atoms with van der Waals surface area (Å²) in [5.74, 6) is 1.90. The lowest BCUT2D eigenvalue weighted by Gasteiger charge is -2.06. The number of aromatic nitrogens is 2. The number of methoxy groups -OCH3 is 1. The van der Waals surface area contributed by atoms with Crippen LogP contribution in [0.2, 0.25) is 0 Å². The number of benzene rings is 2. The van der Waals surface area contributed by atoms with E-state index in [2.05, 4.69) is 10.2 Å². The molecule has 1 aliphatic rings. The van der Waals surface area contributed by atoms with E-state index in [9.17, 15) is 10.1 Å². The van der Waals surface area contributed by atoms with E-state index in [4.69, 9.17) is 30.2 Å². The Labute approximate surface area is 163 Å². The molecule has 2 heterocycles. The van der Waals surface area contributed by atoms with Crippen LogP contribution in [0.15, 0.2) is 40.8 Å².